The first kappa shape index (κ1) is 13.6. The highest BCUT2D eigenvalue weighted by Gasteiger charge is 2.32. The molecule has 22 heavy (non-hydrogen) atoms. The van der Waals surface area contributed by atoms with Crippen LogP contribution in [-0.2, 0) is 0 Å². The molecule has 1 aliphatic rings. The number of aryl methyl sites for hydroxylation is 1. The third-order valence-corrected chi connectivity index (χ3v) is 4.42. The van der Waals surface area contributed by atoms with Crippen LogP contribution in [0.1, 0.15) is 30.6 Å². The summed E-state index contributed by atoms with van der Waals surface area (Å²) < 4.78 is 6.39. The molecule has 6 nitrogen and oxygen atoms in total. The molecule has 2 aromatic heterocycles. The quantitative estimate of drug-likeness (QED) is 0.698. The number of halogens is 1. The summed E-state index contributed by atoms with van der Waals surface area (Å²) in [6.07, 6.45) is 3.67. The van der Waals surface area contributed by atoms with Crippen molar-refractivity contribution < 1.29 is 4.52 Å². The third-order valence-electron chi connectivity index (χ3n) is 3.93. The Morgan fingerprint density at radius 3 is 3.05 bits per heavy atom. The predicted octanol–water partition coefficient (Wildman–Crippen LogP) is 3.43. The molecule has 7 heteroatoms. The van der Waals surface area contributed by atoms with Gasteiger partial charge in [-0.3, -0.25) is 0 Å². The summed E-state index contributed by atoms with van der Waals surface area (Å²) in [5.74, 6) is 2.25. The van der Waals surface area contributed by atoms with Crippen molar-refractivity contribution in [1.29, 1.82) is 0 Å². The number of hydrogen-bond acceptors (Lipinski definition) is 6. The number of benzene rings is 1. The molecule has 0 radical (unpaired) electrons. The van der Waals surface area contributed by atoms with E-state index in [9.17, 15) is 0 Å². The fourth-order valence-corrected chi connectivity index (χ4v) is 3.33. The standard InChI is InChI=1S/C15H14BrN5O/c1-9-19-15(22-20-9)13-3-2-6-21(13)14-11-7-10(16)4-5-12(11)17-8-18-14/h4-5,7-8,13H,2-3,6H2,1H3. The smallest absolute Gasteiger partial charge is 0.249 e. The van der Waals surface area contributed by atoms with Crippen molar-refractivity contribution in [3.63, 3.8) is 0 Å². The molecule has 0 aliphatic carbocycles. The van der Waals surface area contributed by atoms with Crippen LogP contribution in [0.15, 0.2) is 33.5 Å². The van der Waals surface area contributed by atoms with E-state index in [-0.39, 0.29) is 6.04 Å². The fourth-order valence-electron chi connectivity index (χ4n) is 2.97. The molecule has 3 aromatic rings. The monoisotopic (exact) mass is 359 g/mol. The van der Waals surface area contributed by atoms with Gasteiger partial charge in [0.1, 0.15) is 18.2 Å². The number of anilines is 1. The molecule has 0 spiro atoms. The number of aromatic nitrogens is 4. The van der Waals surface area contributed by atoms with E-state index in [4.69, 9.17) is 4.52 Å². The molecule has 0 bridgehead atoms. The Balaban J connectivity index is 1.82. The zero-order valence-electron chi connectivity index (χ0n) is 12.0. The first-order chi connectivity index (χ1) is 10.7. The summed E-state index contributed by atoms with van der Waals surface area (Å²) in [7, 11) is 0. The van der Waals surface area contributed by atoms with Gasteiger partial charge in [0, 0.05) is 16.4 Å². The molecule has 0 saturated carbocycles. The van der Waals surface area contributed by atoms with Crippen LogP contribution in [0.2, 0.25) is 0 Å². The van der Waals surface area contributed by atoms with E-state index >= 15 is 0 Å². The summed E-state index contributed by atoms with van der Waals surface area (Å²) in [6, 6.07) is 6.12. The van der Waals surface area contributed by atoms with Crippen LogP contribution in [0, 0.1) is 6.92 Å². The van der Waals surface area contributed by atoms with Crippen molar-refractivity contribution in [2.24, 2.45) is 0 Å². The Morgan fingerprint density at radius 2 is 2.23 bits per heavy atom. The summed E-state index contributed by atoms with van der Waals surface area (Å²) in [5, 5.41) is 4.94. The first-order valence-electron chi connectivity index (χ1n) is 7.19. The lowest BCUT2D eigenvalue weighted by Gasteiger charge is -2.24. The molecular formula is C15H14BrN5O. The van der Waals surface area contributed by atoms with E-state index in [1.54, 1.807) is 6.33 Å². The van der Waals surface area contributed by atoms with Crippen molar-refractivity contribution in [2.45, 2.75) is 25.8 Å². The summed E-state index contributed by atoms with van der Waals surface area (Å²) in [4.78, 5) is 15.5. The Hall–Kier alpha value is -2.02. The number of nitrogens with zero attached hydrogens (tertiary/aromatic N) is 5. The zero-order valence-corrected chi connectivity index (χ0v) is 13.6. The minimum Gasteiger partial charge on any atom is -0.344 e. The Bertz CT molecular complexity index is 834. The molecule has 3 heterocycles. The Kier molecular flexibility index (Phi) is 3.29. The van der Waals surface area contributed by atoms with Gasteiger partial charge in [-0.15, -0.1) is 0 Å². The Labute approximate surface area is 135 Å². The maximum Gasteiger partial charge on any atom is 0.249 e. The average molecular weight is 360 g/mol. The van der Waals surface area contributed by atoms with Crippen molar-refractivity contribution in [3.05, 3.63) is 40.7 Å². The average Bonchev–Trinajstić information content (AvgIpc) is 3.15. The molecule has 1 unspecified atom stereocenters. The normalized spacial score (nSPS) is 18.3. The second kappa shape index (κ2) is 5.31. The SMILES string of the molecule is Cc1noc(C2CCCN2c2ncnc3ccc(Br)cc23)n1. The van der Waals surface area contributed by atoms with Crippen molar-refractivity contribution >= 4 is 32.7 Å². The van der Waals surface area contributed by atoms with E-state index in [1.165, 1.54) is 0 Å². The van der Waals surface area contributed by atoms with E-state index in [1.807, 2.05) is 19.1 Å². The van der Waals surface area contributed by atoms with Gasteiger partial charge < -0.3 is 9.42 Å². The number of fused-ring (bicyclic) bond motifs is 1. The zero-order chi connectivity index (χ0) is 15.1. The molecule has 1 saturated heterocycles. The van der Waals surface area contributed by atoms with Crippen LogP contribution in [-0.4, -0.2) is 26.7 Å². The van der Waals surface area contributed by atoms with E-state index in [0.717, 1.165) is 40.6 Å². The van der Waals surface area contributed by atoms with Crippen molar-refractivity contribution in [2.75, 3.05) is 11.4 Å². The van der Waals surface area contributed by atoms with Gasteiger partial charge in [-0.25, -0.2) is 9.97 Å². The van der Waals surface area contributed by atoms with Crippen molar-refractivity contribution in [1.82, 2.24) is 20.1 Å². The second-order valence-corrected chi connectivity index (χ2v) is 6.31. The van der Waals surface area contributed by atoms with E-state index in [2.05, 4.69) is 47.0 Å². The molecular weight excluding hydrogens is 346 g/mol. The fraction of sp³-hybridized carbons (Fsp3) is 0.333. The maximum atomic E-state index is 5.38. The van der Waals surface area contributed by atoms with Gasteiger partial charge in [-0.1, -0.05) is 21.1 Å². The van der Waals surface area contributed by atoms with Crippen LogP contribution >= 0.6 is 15.9 Å². The first-order valence-corrected chi connectivity index (χ1v) is 7.99. The molecule has 0 N–H and O–H groups in total. The summed E-state index contributed by atoms with van der Waals surface area (Å²) in [6.45, 7) is 2.76. The third kappa shape index (κ3) is 2.25. The van der Waals surface area contributed by atoms with Crippen molar-refractivity contribution in [3.8, 4) is 0 Å². The summed E-state index contributed by atoms with van der Waals surface area (Å²) in [5.41, 5.74) is 0.931. The van der Waals surface area contributed by atoms with Gasteiger partial charge in [0.05, 0.1) is 5.52 Å². The van der Waals surface area contributed by atoms with Gasteiger partial charge in [0.15, 0.2) is 5.82 Å². The lowest BCUT2D eigenvalue weighted by Crippen LogP contribution is -2.24. The van der Waals surface area contributed by atoms with Crippen LogP contribution < -0.4 is 4.90 Å². The molecule has 1 atom stereocenters. The molecule has 1 aromatic carbocycles. The van der Waals surface area contributed by atoms with E-state index < -0.39 is 0 Å². The second-order valence-electron chi connectivity index (χ2n) is 5.39. The van der Waals surface area contributed by atoms with Gasteiger partial charge in [0.25, 0.3) is 0 Å². The van der Waals surface area contributed by atoms with Crippen LogP contribution in [0.4, 0.5) is 5.82 Å². The highest BCUT2D eigenvalue weighted by Crippen LogP contribution is 2.37. The minimum atomic E-state index is 0.0817. The predicted molar refractivity (Wildman–Crippen MR) is 85.6 cm³/mol. The van der Waals surface area contributed by atoms with Gasteiger partial charge in [-0.05, 0) is 38.0 Å². The highest BCUT2D eigenvalue weighted by molar-refractivity contribution is 9.10. The van der Waals surface area contributed by atoms with Gasteiger partial charge in [0.2, 0.25) is 5.89 Å². The maximum absolute atomic E-state index is 5.38. The number of rotatable bonds is 2. The highest BCUT2D eigenvalue weighted by atomic mass is 79.9. The molecule has 1 aliphatic heterocycles. The van der Waals surface area contributed by atoms with E-state index in [0.29, 0.717) is 11.7 Å². The van der Waals surface area contributed by atoms with Crippen LogP contribution in [0.5, 0.6) is 0 Å². The topological polar surface area (TPSA) is 67.9 Å². The lowest BCUT2D eigenvalue weighted by molar-refractivity contribution is 0.352. The van der Waals surface area contributed by atoms with Crippen LogP contribution in [0.3, 0.4) is 0 Å². The van der Waals surface area contributed by atoms with Crippen LogP contribution in [0.25, 0.3) is 10.9 Å². The molecule has 4 rings (SSSR count). The lowest BCUT2D eigenvalue weighted by atomic mass is 10.2. The van der Waals surface area contributed by atoms with Gasteiger partial charge in [-0.2, -0.15) is 4.98 Å². The Morgan fingerprint density at radius 1 is 1.32 bits per heavy atom. The summed E-state index contributed by atoms with van der Waals surface area (Å²) >= 11 is 3.52. The largest absolute Gasteiger partial charge is 0.344 e. The van der Waals surface area contributed by atoms with Gasteiger partial charge >= 0.3 is 0 Å². The minimum absolute atomic E-state index is 0.0817. The molecule has 112 valence electrons. The number of hydrogen-bond donors (Lipinski definition) is 0. The molecule has 1 fully saturated rings. The molecule has 0 amide bonds.